The first-order valence-corrected chi connectivity index (χ1v) is 10.7. The summed E-state index contributed by atoms with van der Waals surface area (Å²) < 4.78 is 38.7. The molecule has 3 aromatic carbocycles. The van der Waals surface area contributed by atoms with E-state index in [1.165, 1.54) is 0 Å². The molecule has 0 radical (unpaired) electrons. The number of hydrogen-bond donors (Lipinski definition) is 1. The largest absolute Gasteiger partial charge is 0.471 e. The summed E-state index contributed by atoms with van der Waals surface area (Å²) in [5, 5.41) is 4.67. The molecule has 5 nitrogen and oxygen atoms in total. The minimum atomic E-state index is -4.85. The van der Waals surface area contributed by atoms with Crippen molar-refractivity contribution in [3.8, 4) is 0 Å². The lowest BCUT2D eigenvalue weighted by atomic mass is 10.0. The Morgan fingerprint density at radius 2 is 1.47 bits per heavy atom. The van der Waals surface area contributed by atoms with Crippen LogP contribution in [0.15, 0.2) is 65.1 Å². The number of amides is 2. The van der Waals surface area contributed by atoms with Gasteiger partial charge in [-0.25, -0.2) is 0 Å². The lowest BCUT2D eigenvalue weighted by Gasteiger charge is -2.36. The van der Waals surface area contributed by atoms with Crippen molar-refractivity contribution in [3.63, 3.8) is 0 Å². The van der Waals surface area contributed by atoms with Crippen LogP contribution in [0.5, 0.6) is 0 Å². The van der Waals surface area contributed by atoms with Gasteiger partial charge in [-0.05, 0) is 47.2 Å². The molecule has 2 amide bonds. The van der Waals surface area contributed by atoms with E-state index in [1.807, 2.05) is 35.2 Å². The number of piperazine rings is 1. The van der Waals surface area contributed by atoms with Crippen molar-refractivity contribution in [2.24, 2.45) is 0 Å². The SMILES string of the molecule is O=C(Nc1ccc(N2CCN(C(=O)C(F)(F)F)CC2)cc1)c1cccc2c(Br)cccc12. The predicted octanol–water partition coefficient (Wildman–Crippen LogP) is 5.07. The summed E-state index contributed by atoms with van der Waals surface area (Å²) >= 11 is 3.50. The van der Waals surface area contributed by atoms with Gasteiger partial charge < -0.3 is 15.1 Å². The Morgan fingerprint density at radius 3 is 2.12 bits per heavy atom. The second-order valence-electron chi connectivity index (χ2n) is 7.42. The maximum absolute atomic E-state index is 12.8. The van der Waals surface area contributed by atoms with Crippen LogP contribution >= 0.6 is 15.9 Å². The molecule has 0 aliphatic carbocycles. The summed E-state index contributed by atoms with van der Waals surface area (Å²) in [6.45, 7) is 0.623. The Balaban J connectivity index is 1.41. The van der Waals surface area contributed by atoms with E-state index >= 15 is 0 Å². The maximum Gasteiger partial charge on any atom is 0.471 e. The number of nitrogens with zero attached hydrogens (tertiary/aromatic N) is 2. The van der Waals surface area contributed by atoms with Crippen LogP contribution in [-0.4, -0.2) is 49.1 Å². The molecule has 0 unspecified atom stereocenters. The molecule has 1 saturated heterocycles. The van der Waals surface area contributed by atoms with Crippen molar-refractivity contribution in [1.82, 2.24) is 4.90 Å². The minimum Gasteiger partial charge on any atom is -0.368 e. The molecule has 1 aliphatic heterocycles. The van der Waals surface area contributed by atoms with Crippen LogP contribution in [0.4, 0.5) is 24.5 Å². The Kier molecular flexibility index (Phi) is 6.10. The highest BCUT2D eigenvalue weighted by atomic mass is 79.9. The van der Waals surface area contributed by atoms with Crippen LogP contribution in [0.1, 0.15) is 10.4 Å². The standard InChI is InChI=1S/C23H19BrF3N3O2/c24-20-6-2-3-17-18(20)4-1-5-19(17)21(31)28-15-7-9-16(10-8-15)29-11-13-30(14-12-29)22(32)23(25,26)27/h1-10H,11-14H2,(H,28,31). The van der Waals surface area contributed by atoms with Gasteiger partial charge in [-0.2, -0.15) is 13.2 Å². The maximum atomic E-state index is 12.8. The number of nitrogens with one attached hydrogen (secondary N) is 1. The normalized spacial score (nSPS) is 14.5. The van der Waals surface area contributed by atoms with E-state index in [2.05, 4.69) is 21.2 Å². The van der Waals surface area contributed by atoms with Crippen molar-refractivity contribution in [3.05, 3.63) is 70.7 Å². The summed E-state index contributed by atoms with van der Waals surface area (Å²) in [6, 6.07) is 18.3. The van der Waals surface area contributed by atoms with Crippen LogP contribution in [0, 0.1) is 0 Å². The van der Waals surface area contributed by atoms with E-state index in [9.17, 15) is 22.8 Å². The van der Waals surface area contributed by atoms with Crippen LogP contribution in [0.25, 0.3) is 10.8 Å². The van der Waals surface area contributed by atoms with Gasteiger partial charge in [-0.1, -0.05) is 40.2 Å². The van der Waals surface area contributed by atoms with Crippen molar-refractivity contribution >= 4 is 49.9 Å². The second kappa shape index (κ2) is 8.82. The van der Waals surface area contributed by atoms with Gasteiger partial charge in [0.25, 0.3) is 5.91 Å². The number of alkyl halides is 3. The molecule has 0 saturated carbocycles. The number of halogens is 4. The van der Waals surface area contributed by atoms with Crippen LogP contribution in [0.3, 0.4) is 0 Å². The highest BCUT2D eigenvalue weighted by Gasteiger charge is 2.43. The molecular formula is C23H19BrF3N3O2. The smallest absolute Gasteiger partial charge is 0.368 e. The van der Waals surface area contributed by atoms with Crippen LogP contribution in [-0.2, 0) is 4.79 Å². The third-order valence-corrected chi connectivity index (χ3v) is 6.10. The van der Waals surface area contributed by atoms with Gasteiger partial charge in [0.2, 0.25) is 0 Å². The third kappa shape index (κ3) is 4.57. The Hall–Kier alpha value is -3.07. The monoisotopic (exact) mass is 505 g/mol. The molecule has 1 heterocycles. The number of benzene rings is 3. The molecule has 1 fully saturated rings. The zero-order valence-corrected chi connectivity index (χ0v) is 18.4. The summed E-state index contributed by atoms with van der Waals surface area (Å²) in [4.78, 5) is 26.9. The Bertz CT molecular complexity index is 1160. The topological polar surface area (TPSA) is 52.7 Å². The fraction of sp³-hybridized carbons (Fsp3) is 0.217. The lowest BCUT2D eigenvalue weighted by Crippen LogP contribution is -2.52. The number of carbonyl (C=O) groups excluding carboxylic acids is 2. The van der Waals surface area contributed by atoms with Gasteiger partial charge in [0.15, 0.2) is 0 Å². The number of carbonyl (C=O) groups is 2. The first-order valence-electron chi connectivity index (χ1n) is 9.94. The van der Waals surface area contributed by atoms with Crippen LogP contribution in [0.2, 0.25) is 0 Å². The van der Waals surface area contributed by atoms with Crippen LogP contribution < -0.4 is 10.2 Å². The molecule has 4 rings (SSSR count). The second-order valence-corrected chi connectivity index (χ2v) is 8.27. The van der Waals surface area contributed by atoms with Gasteiger partial charge in [-0.15, -0.1) is 0 Å². The molecule has 3 aromatic rings. The Labute approximate surface area is 190 Å². The Morgan fingerprint density at radius 1 is 0.844 bits per heavy atom. The molecule has 0 spiro atoms. The van der Waals surface area contributed by atoms with Crippen molar-refractivity contribution in [2.75, 3.05) is 36.4 Å². The summed E-state index contributed by atoms with van der Waals surface area (Å²) in [7, 11) is 0. The number of anilines is 2. The van der Waals surface area contributed by atoms with Gasteiger partial charge in [0.05, 0.1) is 0 Å². The predicted molar refractivity (Wildman–Crippen MR) is 121 cm³/mol. The highest BCUT2D eigenvalue weighted by molar-refractivity contribution is 9.10. The molecule has 32 heavy (non-hydrogen) atoms. The molecule has 1 N–H and O–H groups in total. The first kappa shape index (κ1) is 22.1. The third-order valence-electron chi connectivity index (χ3n) is 5.41. The van der Waals surface area contributed by atoms with E-state index in [1.54, 1.807) is 30.3 Å². The molecule has 1 aliphatic rings. The zero-order chi connectivity index (χ0) is 22.9. The van der Waals surface area contributed by atoms with E-state index in [0.29, 0.717) is 24.3 Å². The molecule has 9 heteroatoms. The number of rotatable bonds is 3. The molecule has 166 valence electrons. The summed E-state index contributed by atoms with van der Waals surface area (Å²) in [6.07, 6.45) is -4.85. The number of fused-ring (bicyclic) bond motifs is 1. The molecule has 0 bridgehead atoms. The van der Waals surface area contributed by atoms with E-state index in [-0.39, 0.29) is 19.0 Å². The highest BCUT2D eigenvalue weighted by Crippen LogP contribution is 2.27. The minimum absolute atomic E-state index is 0.00741. The van der Waals surface area contributed by atoms with Gasteiger partial charge in [0.1, 0.15) is 0 Å². The van der Waals surface area contributed by atoms with E-state index in [0.717, 1.165) is 25.8 Å². The van der Waals surface area contributed by atoms with Crippen molar-refractivity contribution < 1.29 is 22.8 Å². The zero-order valence-electron chi connectivity index (χ0n) is 16.8. The average Bonchev–Trinajstić information content (AvgIpc) is 2.78. The summed E-state index contributed by atoms with van der Waals surface area (Å²) in [5.74, 6) is -2.03. The summed E-state index contributed by atoms with van der Waals surface area (Å²) in [5.41, 5.74) is 1.98. The molecule has 0 aromatic heterocycles. The quantitative estimate of drug-likeness (QED) is 0.540. The van der Waals surface area contributed by atoms with Gasteiger partial charge in [0, 0.05) is 47.6 Å². The first-order chi connectivity index (χ1) is 15.2. The lowest BCUT2D eigenvalue weighted by molar-refractivity contribution is -0.185. The fourth-order valence-electron chi connectivity index (χ4n) is 3.77. The van der Waals surface area contributed by atoms with Crippen molar-refractivity contribution in [2.45, 2.75) is 6.18 Å². The van der Waals surface area contributed by atoms with Gasteiger partial charge in [-0.3, -0.25) is 9.59 Å². The van der Waals surface area contributed by atoms with E-state index in [4.69, 9.17) is 0 Å². The average molecular weight is 506 g/mol. The fourth-order valence-corrected chi connectivity index (χ4v) is 4.27. The van der Waals surface area contributed by atoms with E-state index < -0.39 is 12.1 Å². The molecular weight excluding hydrogens is 487 g/mol. The van der Waals surface area contributed by atoms with Gasteiger partial charge >= 0.3 is 12.1 Å². The van der Waals surface area contributed by atoms with Crippen molar-refractivity contribution in [1.29, 1.82) is 0 Å². The number of hydrogen-bond acceptors (Lipinski definition) is 3. The molecule has 0 atom stereocenters.